The van der Waals surface area contributed by atoms with Gasteiger partial charge in [0.05, 0.1) is 13.2 Å². The summed E-state index contributed by atoms with van der Waals surface area (Å²) in [7, 11) is 3.69. The molecular formula is C29H40N2O3. The summed E-state index contributed by atoms with van der Waals surface area (Å²) in [6.07, 6.45) is 5.47. The first-order valence-electron chi connectivity index (χ1n) is 12.6. The molecule has 0 saturated heterocycles. The molecule has 0 bridgehead atoms. The van der Waals surface area contributed by atoms with Crippen molar-refractivity contribution in [2.45, 2.75) is 58.5 Å². The summed E-state index contributed by atoms with van der Waals surface area (Å²) in [6, 6.07) is 14.7. The number of amides is 1. The Morgan fingerprint density at radius 1 is 1.09 bits per heavy atom. The van der Waals surface area contributed by atoms with Gasteiger partial charge >= 0.3 is 0 Å². The fourth-order valence-electron chi connectivity index (χ4n) is 4.78. The molecule has 1 amide bonds. The van der Waals surface area contributed by atoms with Crippen LogP contribution in [0.3, 0.4) is 0 Å². The Hall–Kier alpha value is -2.37. The third-order valence-electron chi connectivity index (χ3n) is 7.09. The van der Waals surface area contributed by atoms with Crippen molar-refractivity contribution in [3.8, 4) is 5.75 Å². The molecule has 2 aliphatic carbocycles. The molecule has 5 nitrogen and oxygen atoms in total. The normalized spacial score (nSPS) is 17.8. The van der Waals surface area contributed by atoms with Gasteiger partial charge in [0.2, 0.25) is 0 Å². The first-order valence-corrected chi connectivity index (χ1v) is 12.6. The molecule has 1 fully saturated rings. The van der Waals surface area contributed by atoms with E-state index in [0.717, 1.165) is 62.8 Å². The second kappa shape index (κ2) is 10.9. The summed E-state index contributed by atoms with van der Waals surface area (Å²) in [6.45, 7) is 7.74. The van der Waals surface area contributed by atoms with E-state index in [1.165, 1.54) is 29.5 Å². The largest absolute Gasteiger partial charge is 0.493 e. The summed E-state index contributed by atoms with van der Waals surface area (Å²) in [5.41, 5.74) is 4.95. The number of carbonyl (C=O) groups is 1. The molecule has 2 aromatic rings. The van der Waals surface area contributed by atoms with Crippen LogP contribution >= 0.6 is 0 Å². The number of ether oxygens (including phenoxy) is 2. The van der Waals surface area contributed by atoms with E-state index < -0.39 is 0 Å². The minimum Gasteiger partial charge on any atom is -0.493 e. The van der Waals surface area contributed by atoms with E-state index in [1.54, 1.807) is 7.11 Å². The van der Waals surface area contributed by atoms with Gasteiger partial charge in [-0.25, -0.2) is 0 Å². The van der Waals surface area contributed by atoms with Gasteiger partial charge < -0.3 is 19.7 Å². The van der Waals surface area contributed by atoms with Crippen LogP contribution in [0.4, 0.5) is 0 Å². The van der Waals surface area contributed by atoms with E-state index in [4.69, 9.17) is 9.47 Å². The molecule has 2 aromatic carbocycles. The molecule has 4 rings (SSSR count). The van der Waals surface area contributed by atoms with Crippen molar-refractivity contribution < 1.29 is 14.3 Å². The van der Waals surface area contributed by atoms with Crippen molar-refractivity contribution in [1.29, 1.82) is 0 Å². The number of benzene rings is 2. The zero-order valence-electron chi connectivity index (χ0n) is 21.2. The van der Waals surface area contributed by atoms with Crippen LogP contribution in [0.1, 0.15) is 60.2 Å². The molecule has 1 N–H and O–H groups in total. The zero-order chi connectivity index (χ0) is 24.1. The average molecular weight is 465 g/mol. The van der Waals surface area contributed by atoms with E-state index in [0.29, 0.717) is 0 Å². The molecular weight excluding hydrogens is 424 g/mol. The number of fused-ring (bicyclic) bond motifs is 1. The van der Waals surface area contributed by atoms with Gasteiger partial charge in [-0.15, -0.1) is 0 Å². The van der Waals surface area contributed by atoms with Crippen LogP contribution in [0.5, 0.6) is 5.75 Å². The van der Waals surface area contributed by atoms with Crippen molar-refractivity contribution in [3.05, 3.63) is 64.7 Å². The van der Waals surface area contributed by atoms with Gasteiger partial charge in [0, 0.05) is 44.3 Å². The van der Waals surface area contributed by atoms with Gasteiger partial charge in [0.25, 0.3) is 5.91 Å². The lowest BCUT2D eigenvalue weighted by Crippen LogP contribution is -2.40. The van der Waals surface area contributed by atoms with E-state index in [2.05, 4.69) is 37.4 Å². The maximum Gasteiger partial charge on any atom is 0.253 e. The molecule has 1 saturated carbocycles. The lowest BCUT2D eigenvalue weighted by molar-refractivity contribution is 0.0719. The number of likely N-dealkylation sites (N-methyl/N-ethyl adjacent to an activating group) is 1. The highest BCUT2D eigenvalue weighted by Gasteiger charge is 2.26. The van der Waals surface area contributed by atoms with Gasteiger partial charge in [-0.3, -0.25) is 4.79 Å². The number of aryl methyl sites for hydroxylation is 1. The van der Waals surface area contributed by atoms with Crippen LogP contribution in [0, 0.1) is 11.3 Å². The molecule has 184 valence electrons. The number of carbonyl (C=O) groups excluding carboxylic acids is 1. The maximum atomic E-state index is 13.1. The van der Waals surface area contributed by atoms with Crippen molar-refractivity contribution in [1.82, 2.24) is 10.2 Å². The van der Waals surface area contributed by atoms with Gasteiger partial charge in [-0.2, -0.15) is 0 Å². The molecule has 0 unspecified atom stereocenters. The standard InChI is InChI=1S/C29H40N2O3/c1-29(2,20-33-4)19-30-17-22-7-8-25-16-26(12-9-24(25)15-22)31(3)28(32)23-10-13-27(14-11-23)34-18-21-5-6-21/h7-8,10-11,13-15,21,26,30H,5-6,9,12,16-20H2,1-4H3/t26-/m0/s1. The van der Waals surface area contributed by atoms with Crippen molar-refractivity contribution in [3.63, 3.8) is 0 Å². The van der Waals surface area contributed by atoms with Gasteiger partial charge in [-0.05, 0) is 79.0 Å². The Balaban J connectivity index is 1.30. The summed E-state index contributed by atoms with van der Waals surface area (Å²) in [5, 5.41) is 3.57. The lowest BCUT2D eigenvalue weighted by Gasteiger charge is -2.33. The second-order valence-electron chi connectivity index (χ2n) is 10.9. The Kier molecular flexibility index (Phi) is 7.95. The monoisotopic (exact) mass is 464 g/mol. The summed E-state index contributed by atoms with van der Waals surface area (Å²) in [4.78, 5) is 15.0. The first-order chi connectivity index (χ1) is 16.3. The van der Waals surface area contributed by atoms with Crippen molar-refractivity contribution >= 4 is 5.91 Å². The highest BCUT2D eigenvalue weighted by molar-refractivity contribution is 5.94. The maximum absolute atomic E-state index is 13.1. The third-order valence-corrected chi connectivity index (χ3v) is 7.09. The molecule has 0 spiro atoms. The fraction of sp³-hybridized carbons (Fsp3) is 0.552. The predicted molar refractivity (Wildman–Crippen MR) is 136 cm³/mol. The Labute approximate surface area is 204 Å². The lowest BCUT2D eigenvalue weighted by atomic mass is 9.86. The number of nitrogens with zero attached hydrogens (tertiary/aromatic N) is 1. The van der Waals surface area contributed by atoms with Gasteiger partial charge in [-0.1, -0.05) is 32.0 Å². The van der Waals surface area contributed by atoms with Crippen LogP contribution in [-0.2, 0) is 24.1 Å². The van der Waals surface area contributed by atoms with Crippen LogP contribution in [0.15, 0.2) is 42.5 Å². The predicted octanol–water partition coefficient (Wildman–Crippen LogP) is 4.87. The number of hydrogen-bond donors (Lipinski definition) is 1. The molecule has 0 aliphatic heterocycles. The SMILES string of the molecule is COCC(C)(C)CNCc1ccc2c(c1)CC[C@H](N(C)C(=O)c1ccc(OCC3CC3)cc1)C2. The number of rotatable bonds is 11. The van der Waals surface area contributed by atoms with E-state index in [9.17, 15) is 4.79 Å². The first kappa shape index (κ1) is 24.7. The summed E-state index contributed by atoms with van der Waals surface area (Å²) < 4.78 is 11.1. The Bertz CT molecular complexity index is 966. The molecule has 2 aliphatic rings. The molecule has 34 heavy (non-hydrogen) atoms. The third kappa shape index (κ3) is 6.61. The smallest absolute Gasteiger partial charge is 0.253 e. The van der Waals surface area contributed by atoms with Gasteiger partial charge in [0.15, 0.2) is 0 Å². The van der Waals surface area contributed by atoms with Crippen LogP contribution in [-0.4, -0.2) is 50.8 Å². The molecule has 5 heteroatoms. The Morgan fingerprint density at radius 2 is 1.85 bits per heavy atom. The van der Waals surface area contributed by atoms with Crippen LogP contribution < -0.4 is 10.1 Å². The molecule has 0 aromatic heterocycles. The van der Waals surface area contributed by atoms with E-state index in [-0.39, 0.29) is 17.4 Å². The highest BCUT2D eigenvalue weighted by atomic mass is 16.5. The van der Waals surface area contributed by atoms with Gasteiger partial charge in [0.1, 0.15) is 5.75 Å². The number of hydrogen-bond acceptors (Lipinski definition) is 4. The topological polar surface area (TPSA) is 50.8 Å². The van der Waals surface area contributed by atoms with E-state index >= 15 is 0 Å². The zero-order valence-corrected chi connectivity index (χ0v) is 21.2. The van der Waals surface area contributed by atoms with Crippen molar-refractivity contribution in [2.75, 3.05) is 33.9 Å². The summed E-state index contributed by atoms with van der Waals surface area (Å²) >= 11 is 0. The second-order valence-corrected chi connectivity index (χ2v) is 10.9. The summed E-state index contributed by atoms with van der Waals surface area (Å²) in [5.74, 6) is 1.66. The molecule has 0 heterocycles. The molecule has 1 atom stereocenters. The fourth-order valence-corrected chi connectivity index (χ4v) is 4.78. The minimum absolute atomic E-state index is 0.0849. The number of methoxy groups -OCH3 is 1. The Morgan fingerprint density at radius 3 is 2.56 bits per heavy atom. The quantitative estimate of drug-likeness (QED) is 0.516. The average Bonchev–Trinajstić information content (AvgIpc) is 3.66. The van der Waals surface area contributed by atoms with E-state index in [1.807, 2.05) is 36.2 Å². The highest BCUT2D eigenvalue weighted by Crippen LogP contribution is 2.30. The minimum atomic E-state index is 0.0849. The van der Waals surface area contributed by atoms with Crippen LogP contribution in [0.2, 0.25) is 0 Å². The van der Waals surface area contributed by atoms with Crippen molar-refractivity contribution in [2.24, 2.45) is 11.3 Å². The molecule has 0 radical (unpaired) electrons. The number of nitrogens with one attached hydrogen (secondary N) is 1. The van der Waals surface area contributed by atoms with Crippen LogP contribution in [0.25, 0.3) is 0 Å².